The predicted molar refractivity (Wildman–Crippen MR) is 144 cm³/mol. The van der Waals surface area contributed by atoms with Gasteiger partial charge in [0.25, 0.3) is 0 Å². The van der Waals surface area contributed by atoms with Crippen molar-refractivity contribution in [1.82, 2.24) is 0 Å². The van der Waals surface area contributed by atoms with Crippen LogP contribution in [0.15, 0.2) is 0 Å². The summed E-state index contributed by atoms with van der Waals surface area (Å²) >= 11 is -1.11. The summed E-state index contributed by atoms with van der Waals surface area (Å²) in [7, 11) is 15.7. The third-order valence-corrected chi connectivity index (χ3v) is 14.2. The van der Waals surface area contributed by atoms with Crippen LogP contribution < -0.4 is 0 Å². The van der Waals surface area contributed by atoms with E-state index >= 15 is 0 Å². The molecule has 10 heteroatoms. The van der Waals surface area contributed by atoms with Gasteiger partial charge in [-0.05, 0) is 84.6 Å². The van der Waals surface area contributed by atoms with E-state index in [9.17, 15) is 9.59 Å². The van der Waals surface area contributed by atoms with Crippen LogP contribution in [0, 0.1) is 47.3 Å². The minimum absolute atomic E-state index is 0.556. The van der Waals surface area contributed by atoms with Gasteiger partial charge in [0, 0.05) is 0 Å². The molecule has 0 aromatic carbocycles. The molecule has 0 amide bonds. The van der Waals surface area contributed by atoms with Crippen molar-refractivity contribution in [3.63, 3.8) is 0 Å². The Bertz CT molecular complexity index is 437. The standard InChI is InChI=1S/2C11H24OSi.4ClH.2Ti/c2*1-7-8(2)10(4)11(9(7)3)13(5,6)12;;;;;;/h2*7-12H,1-6H3;4*1H;;/q;;;;;;2*+2/p-4. The normalized spacial score (nSPS) is 38.9. The second kappa shape index (κ2) is 16.7. The summed E-state index contributed by atoms with van der Waals surface area (Å²) in [5.41, 5.74) is 1.19. The molecule has 2 saturated carbocycles. The van der Waals surface area contributed by atoms with E-state index in [1.165, 1.54) is 0 Å². The third-order valence-electron chi connectivity index (χ3n) is 8.87. The number of rotatable bonds is 2. The van der Waals surface area contributed by atoms with Crippen LogP contribution in [0.3, 0.4) is 0 Å². The van der Waals surface area contributed by atoms with Crippen LogP contribution in [-0.4, -0.2) is 26.2 Å². The van der Waals surface area contributed by atoms with Gasteiger partial charge in [-0.25, -0.2) is 0 Å². The molecule has 2 N–H and O–H groups in total. The SMILES string of the molecule is CC1C(C)C(C)C([Si](C)(C)O)C1C.CC1C(C)C(C)C([Si](C)(C)O)C1C.[Cl][Ti][Cl].[Cl][Ti][Cl]. The van der Waals surface area contributed by atoms with E-state index in [-0.39, 0.29) is 0 Å². The number of hydrogen-bond donors (Lipinski definition) is 2. The van der Waals surface area contributed by atoms with E-state index in [4.69, 9.17) is 37.2 Å². The van der Waals surface area contributed by atoms with E-state index in [0.717, 1.165) is 23.7 Å². The molecule has 0 aliphatic heterocycles. The van der Waals surface area contributed by atoms with Gasteiger partial charge >= 0.3 is 71.3 Å². The van der Waals surface area contributed by atoms with Crippen molar-refractivity contribution in [3.05, 3.63) is 0 Å². The van der Waals surface area contributed by atoms with Crippen LogP contribution in [-0.2, 0) is 34.1 Å². The van der Waals surface area contributed by atoms with E-state index in [1.807, 2.05) is 0 Å². The van der Waals surface area contributed by atoms with E-state index < -0.39 is 50.7 Å². The molecule has 8 atom stereocenters. The molecule has 0 radical (unpaired) electrons. The first-order valence-corrected chi connectivity index (χ1v) is 26.4. The summed E-state index contributed by atoms with van der Waals surface area (Å²) in [6.45, 7) is 27.0. The van der Waals surface area contributed by atoms with Crippen molar-refractivity contribution in [3.8, 4) is 0 Å². The Hall–Kier alpha value is 2.94. The molecule has 8 unspecified atom stereocenters. The second-order valence-electron chi connectivity index (χ2n) is 11.4. The van der Waals surface area contributed by atoms with Gasteiger partial charge in [0.2, 0.25) is 0 Å². The zero-order valence-corrected chi connectivity index (χ0v) is 30.3. The van der Waals surface area contributed by atoms with Gasteiger partial charge in [-0.2, -0.15) is 0 Å². The Morgan fingerprint density at radius 3 is 0.625 bits per heavy atom. The summed E-state index contributed by atoms with van der Waals surface area (Å²) in [6.07, 6.45) is 0. The molecule has 0 aromatic rings. The maximum absolute atomic E-state index is 10.2. The van der Waals surface area contributed by atoms with Crippen molar-refractivity contribution in [2.75, 3.05) is 0 Å². The molecule has 0 spiro atoms. The molecule has 0 bridgehead atoms. The fraction of sp³-hybridized carbons (Fsp3) is 1.00. The van der Waals surface area contributed by atoms with Gasteiger partial charge in [0.1, 0.15) is 0 Å². The number of halogens is 4. The van der Waals surface area contributed by atoms with Gasteiger partial charge in [0.15, 0.2) is 16.6 Å². The van der Waals surface area contributed by atoms with E-state index in [0.29, 0.717) is 34.8 Å². The van der Waals surface area contributed by atoms with Crippen LogP contribution in [0.25, 0.3) is 0 Å². The Labute approximate surface area is 235 Å². The van der Waals surface area contributed by atoms with E-state index in [1.54, 1.807) is 0 Å². The molecule has 2 fully saturated rings. The molecule has 2 rings (SSSR count). The van der Waals surface area contributed by atoms with Crippen LogP contribution in [0.5, 0.6) is 0 Å². The van der Waals surface area contributed by atoms with Gasteiger partial charge < -0.3 is 9.59 Å². The molecular formula is C22H48Cl4O2Si2Ti2. The summed E-state index contributed by atoms with van der Waals surface area (Å²) in [5, 5.41) is 0. The molecular weight excluding hydrogens is 590 g/mol. The molecule has 2 aliphatic carbocycles. The Morgan fingerprint density at radius 2 is 0.562 bits per heavy atom. The topological polar surface area (TPSA) is 40.5 Å². The second-order valence-corrected chi connectivity index (χ2v) is 24.5. The first kappa shape index (κ1) is 37.1. The molecule has 0 saturated heterocycles. The predicted octanol–water partition coefficient (Wildman–Crippen LogP) is 8.98. The van der Waals surface area contributed by atoms with Crippen molar-refractivity contribution in [1.29, 1.82) is 0 Å². The van der Waals surface area contributed by atoms with Gasteiger partial charge in [-0.1, -0.05) is 55.4 Å². The molecule has 192 valence electrons. The Balaban J connectivity index is 0. The average molecular weight is 638 g/mol. The van der Waals surface area contributed by atoms with Gasteiger partial charge in [0.05, 0.1) is 0 Å². The molecule has 32 heavy (non-hydrogen) atoms. The van der Waals surface area contributed by atoms with Crippen molar-refractivity contribution < 1.29 is 43.7 Å². The fourth-order valence-electron chi connectivity index (χ4n) is 6.75. The molecule has 2 aliphatic rings. The third kappa shape index (κ3) is 11.1. The number of hydrogen-bond acceptors (Lipinski definition) is 2. The quantitative estimate of drug-likeness (QED) is 0.297. The Kier molecular flexibility index (Phi) is 19.4. The zero-order chi connectivity index (χ0) is 26.2. The Morgan fingerprint density at radius 1 is 0.438 bits per heavy atom. The maximum atomic E-state index is 10.2. The minimum atomic E-state index is -1.93. The fourth-order valence-corrected chi connectivity index (χ4v) is 13.1. The van der Waals surface area contributed by atoms with Crippen LogP contribution in [0.4, 0.5) is 0 Å². The molecule has 0 aromatic heterocycles. The monoisotopic (exact) mass is 636 g/mol. The summed E-state index contributed by atoms with van der Waals surface area (Å²) in [4.78, 5) is 20.5. The van der Waals surface area contributed by atoms with Crippen LogP contribution >= 0.6 is 37.2 Å². The van der Waals surface area contributed by atoms with Crippen molar-refractivity contribution in [2.24, 2.45) is 47.3 Å². The average Bonchev–Trinajstić information content (AvgIpc) is 2.95. The first-order chi connectivity index (χ1) is 14.4. The molecule has 2 nitrogen and oxygen atoms in total. The van der Waals surface area contributed by atoms with Gasteiger partial charge in [-0.15, -0.1) is 0 Å². The van der Waals surface area contributed by atoms with Gasteiger partial charge in [-0.3, -0.25) is 0 Å². The zero-order valence-electron chi connectivity index (χ0n) is 22.2. The van der Waals surface area contributed by atoms with Crippen LogP contribution in [0.2, 0.25) is 37.3 Å². The van der Waals surface area contributed by atoms with Crippen molar-refractivity contribution >= 4 is 53.9 Å². The van der Waals surface area contributed by atoms with E-state index in [2.05, 4.69) is 81.6 Å². The molecule has 0 heterocycles. The van der Waals surface area contributed by atoms with Crippen LogP contribution in [0.1, 0.15) is 55.4 Å². The summed E-state index contributed by atoms with van der Waals surface area (Å²) in [5.74, 6) is 5.93. The van der Waals surface area contributed by atoms with Crippen molar-refractivity contribution in [2.45, 2.75) is 92.7 Å². The summed E-state index contributed by atoms with van der Waals surface area (Å²) in [6, 6.07) is 0. The first-order valence-electron chi connectivity index (χ1n) is 11.7. The summed E-state index contributed by atoms with van der Waals surface area (Å²) < 4.78 is 0.